The van der Waals surface area contributed by atoms with Crippen LogP contribution in [-0.4, -0.2) is 31.5 Å². The van der Waals surface area contributed by atoms with Crippen molar-refractivity contribution in [2.24, 2.45) is 10.9 Å². The van der Waals surface area contributed by atoms with Gasteiger partial charge in [0, 0.05) is 30.6 Å². The molecule has 128 valence electrons. The summed E-state index contributed by atoms with van der Waals surface area (Å²) in [5.41, 5.74) is 1.06. The molecule has 1 aromatic rings. The molecule has 0 aliphatic heterocycles. The summed E-state index contributed by atoms with van der Waals surface area (Å²) in [5.74, 6) is 1.16. The van der Waals surface area contributed by atoms with Crippen LogP contribution < -0.4 is 16.0 Å². The van der Waals surface area contributed by atoms with Gasteiger partial charge in [0.15, 0.2) is 5.96 Å². The van der Waals surface area contributed by atoms with Crippen LogP contribution in [0.25, 0.3) is 0 Å². The van der Waals surface area contributed by atoms with Crippen molar-refractivity contribution in [3.05, 3.63) is 34.9 Å². The van der Waals surface area contributed by atoms with Crippen molar-refractivity contribution in [1.82, 2.24) is 16.0 Å². The standard InChI is InChI=1S/C16H23ClN4O.HI/c1-2-18-16(20-9-8-19-15(22)13-6-7-13)21-11-12-4-3-5-14(17)10-12;/h3-5,10,13H,2,6-9,11H2,1H3,(H,19,22)(H2,18,20,21);1H. The number of benzene rings is 1. The molecule has 1 saturated carbocycles. The number of halogens is 2. The van der Waals surface area contributed by atoms with Gasteiger partial charge in [0.25, 0.3) is 0 Å². The van der Waals surface area contributed by atoms with Gasteiger partial charge in [-0.2, -0.15) is 0 Å². The molecular weight excluding hydrogens is 427 g/mol. The lowest BCUT2D eigenvalue weighted by atomic mass is 10.2. The van der Waals surface area contributed by atoms with Crippen molar-refractivity contribution in [3.63, 3.8) is 0 Å². The van der Waals surface area contributed by atoms with E-state index in [1.54, 1.807) is 0 Å². The molecule has 23 heavy (non-hydrogen) atoms. The van der Waals surface area contributed by atoms with Gasteiger partial charge in [-0.1, -0.05) is 23.7 Å². The van der Waals surface area contributed by atoms with E-state index in [0.717, 1.165) is 30.9 Å². The smallest absolute Gasteiger partial charge is 0.223 e. The summed E-state index contributed by atoms with van der Waals surface area (Å²) in [5, 5.41) is 10.0. The van der Waals surface area contributed by atoms with Crippen LogP contribution in [-0.2, 0) is 11.3 Å². The first-order chi connectivity index (χ1) is 10.7. The Morgan fingerprint density at radius 2 is 2.00 bits per heavy atom. The molecule has 1 amide bonds. The molecule has 0 bridgehead atoms. The van der Waals surface area contributed by atoms with Crippen LogP contribution >= 0.6 is 35.6 Å². The number of guanidine groups is 1. The molecule has 0 heterocycles. The number of aliphatic imine (C=N–C) groups is 1. The minimum absolute atomic E-state index is 0. The molecule has 3 N–H and O–H groups in total. The predicted octanol–water partition coefficient (Wildman–Crippen LogP) is 2.54. The number of nitrogens with zero attached hydrogens (tertiary/aromatic N) is 1. The second-order valence-corrected chi connectivity index (χ2v) is 5.75. The minimum Gasteiger partial charge on any atom is -0.357 e. The monoisotopic (exact) mass is 450 g/mol. The van der Waals surface area contributed by atoms with Gasteiger partial charge in [-0.15, -0.1) is 24.0 Å². The van der Waals surface area contributed by atoms with Gasteiger partial charge in [-0.25, -0.2) is 4.99 Å². The van der Waals surface area contributed by atoms with Crippen molar-refractivity contribution in [2.45, 2.75) is 26.3 Å². The van der Waals surface area contributed by atoms with Crippen molar-refractivity contribution in [2.75, 3.05) is 19.6 Å². The summed E-state index contributed by atoms with van der Waals surface area (Å²) in [7, 11) is 0. The molecule has 0 radical (unpaired) electrons. The SMILES string of the molecule is CCNC(=NCc1cccc(Cl)c1)NCCNC(=O)C1CC1.I. The van der Waals surface area contributed by atoms with E-state index < -0.39 is 0 Å². The first-order valence-electron chi connectivity index (χ1n) is 7.73. The number of nitrogens with one attached hydrogen (secondary N) is 3. The van der Waals surface area contributed by atoms with E-state index in [-0.39, 0.29) is 35.8 Å². The van der Waals surface area contributed by atoms with E-state index in [4.69, 9.17) is 11.6 Å². The van der Waals surface area contributed by atoms with E-state index >= 15 is 0 Å². The Bertz CT molecular complexity index is 535. The Morgan fingerprint density at radius 3 is 2.65 bits per heavy atom. The summed E-state index contributed by atoms with van der Waals surface area (Å²) in [6, 6.07) is 7.67. The van der Waals surface area contributed by atoms with Crippen LogP contribution in [0.5, 0.6) is 0 Å². The highest BCUT2D eigenvalue weighted by atomic mass is 127. The normalized spacial score (nSPS) is 13.9. The van der Waals surface area contributed by atoms with Gasteiger partial charge in [0.2, 0.25) is 5.91 Å². The summed E-state index contributed by atoms with van der Waals surface area (Å²) in [4.78, 5) is 16.0. The van der Waals surface area contributed by atoms with Crippen LogP contribution in [0.3, 0.4) is 0 Å². The average Bonchev–Trinajstić information content (AvgIpc) is 3.33. The lowest BCUT2D eigenvalue weighted by Crippen LogP contribution is -2.41. The largest absolute Gasteiger partial charge is 0.357 e. The molecule has 2 rings (SSSR count). The fourth-order valence-electron chi connectivity index (χ4n) is 2.00. The Balaban J connectivity index is 0.00000264. The zero-order valence-electron chi connectivity index (χ0n) is 13.3. The Morgan fingerprint density at radius 1 is 1.26 bits per heavy atom. The Hall–Kier alpha value is -1.02. The van der Waals surface area contributed by atoms with Gasteiger partial charge < -0.3 is 16.0 Å². The maximum atomic E-state index is 11.5. The van der Waals surface area contributed by atoms with E-state index in [1.807, 2.05) is 31.2 Å². The zero-order valence-corrected chi connectivity index (χ0v) is 16.4. The van der Waals surface area contributed by atoms with Gasteiger partial charge in [0.05, 0.1) is 6.54 Å². The number of carbonyl (C=O) groups excluding carboxylic acids is 1. The van der Waals surface area contributed by atoms with E-state index in [9.17, 15) is 4.79 Å². The highest BCUT2D eigenvalue weighted by Gasteiger charge is 2.28. The molecule has 1 aliphatic carbocycles. The minimum atomic E-state index is 0. The molecule has 0 spiro atoms. The maximum absolute atomic E-state index is 11.5. The third kappa shape index (κ3) is 7.87. The molecular formula is C16H24ClIN4O. The predicted molar refractivity (Wildman–Crippen MR) is 105 cm³/mol. The fourth-order valence-corrected chi connectivity index (χ4v) is 2.22. The maximum Gasteiger partial charge on any atom is 0.223 e. The second kappa shape index (κ2) is 10.7. The van der Waals surface area contributed by atoms with Crippen molar-refractivity contribution in [3.8, 4) is 0 Å². The van der Waals surface area contributed by atoms with Crippen LogP contribution in [0.15, 0.2) is 29.3 Å². The summed E-state index contributed by atoms with van der Waals surface area (Å²) >= 11 is 5.96. The van der Waals surface area contributed by atoms with E-state index in [0.29, 0.717) is 24.7 Å². The van der Waals surface area contributed by atoms with Gasteiger partial charge in [-0.3, -0.25) is 4.79 Å². The van der Waals surface area contributed by atoms with Crippen LogP contribution in [0, 0.1) is 5.92 Å². The Labute approximate surface area is 159 Å². The molecule has 7 heteroatoms. The molecule has 0 atom stereocenters. The number of hydrogen-bond donors (Lipinski definition) is 3. The molecule has 1 fully saturated rings. The van der Waals surface area contributed by atoms with E-state index in [2.05, 4.69) is 20.9 Å². The van der Waals surface area contributed by atoms with Crippen molar-refractivity contribution in [1.29, 1.82) is 0 Å². The van der Waals surface area contributed by atoms with Crippen LogP contribution in [0.2, 0.25) is 5.02 Å². The lowest BCUT2D eigenvalue weighted by Gasteiger charge is -2.12. The van der Waals surface area contributed by atoms with Gasteiger partial charge in [0.1, 0.15) is 0 Å². The fraction of sp³-hybridized carbons (Fsp3) is 0.500. The average molecular weight is 451 g/mol. The third-order valence-electron chi connectivity index (χ3n) is 3.32. The second-order valence-electron chi connectivity index (χ2n) is 5.32. The lowest BCUT2D eigenvalue weighted by molar-refractivity contribution is -0.122. The first kappa shape index (κ1) is 20.0. The quantitative estimate of drug-likeness (QED) is 0.259. The molecule has 0 saturated heterocycles. The number of amides is 1. The molecule has 1 aromatic carbocycles. The highest BCUT2D eigenvalue weighted by molar-refractivity contribution is 14.0. The number of carbonyl (C=O) groups is 1. The highest BCUT2D eigenvalue weighted by Crippen LogP contribution is 2.28. The molecule has 0 unspecified atom stereocenters. The van der Waals surface area contributed by atoms with Crippen molar-refractivity contribution >= 4 is 47.4 Å². The summed E-state index contributed by atoms with van der Waals surface area (Å²) in [6.45, 7) is 4.63. The molecule has 0 aromatic heterocycles. The van der Waals surface area contributed by atoms with Gasteiger partial charge >= 0.3 is 0 Å². The topological polar surface area (TPSA) is 65.5 Å². The van der Waals surface area contributed by atoms with Crippen LogP contribution in [0.4, 0.5) is 0 Å². The Kier molecular flexibility index (Phi) is 9.31. The zero-order chi connectivity index (χ0) is 15.8. The van der Waals surface area contributed by atoms with Crippen molar-refractivity contribution < 1.29 is 4.79 Å². The first-order valence-corrected chi connectivity index (χ1v) is 8.11. The van der Waals surface area contributed by atoms with Crippen LogP contribution in [0.1, 0.15) is 25.3 Å². The molecule has 5 nitrogen and oxygen atoms in total. The van der Waals surface area contributed by atoms with Gasteiger partial charge in [-0.05, 0) is 37.5 Å². The number of hydrogen-bond acceptors (Lipinski definition) is 2. The molecule has 1 aliphatic rings. The van der Waals surface area contributed by atoms with E-state index in [1.165, 1.54) is 0 Å². The number of rotatable bonds is 7. The summed E-state index contributed by atoms with van der Waals surface area (Å²) < 4.78 is 0. The summed E-state index contributed by atoms with van der Waals surface area (Å²) in [6.07, 6.45) is 2.06. The third-order valence-corrected chi connectivity index (χ3v) is 3.55.